The fourth-order valence-corrected chi connectivity index (χ4v) is 2.34. The second-order valence-electron chi connectivity index (χ2n) is 3.70. The van der Waals surface area contributed by atoms with Gasteiger partial charge in [0, 0.05) is 12.3 Å². The van der Waals surface area contributed by atoms with Gasteiger partial charge in [0.1, 0.15) is 5.82 Å². The van der Waals surface area contributed by atoms with Gasteiger partial charge in [-0.3, -0.25) is 4.79 Å². The molecule has 1 amide bonds. The van der Waals surface area contributed by atoms with Crippen molar-refractivity contribution in [3.05, 3.63) is 51.3 Å². The van der Waals surface area contributed by atoms with Gasteiger partial charge in [0.05, 0.1) is 9.21 Å². The van der Waals surface area contributed by atoms with Gasteiger partial charge in [-0.1, -0.05) is 11.6 Å². The van der Waals surface area contributed by atoms with Crippen molar-refractivity contribution >= 4 is 46.7 Å². The second kappa shape index (κ2) is 6.31. The first kappa shape index (κ1) is 14.2. The second-order valence-corrected chi connectivity index (χ2v) is 5.42. The number of hydrogen-bond donors (Lipinski definition) is 2. The molecule has 7 heteroatoms. The van der Waals surface area contributed by atoms with Crippen molar-refractivity contribution in [2.24, 2.45) is 0 Å². The molecule has 0 saturated carbocycles. The molecule has 2 aromatic heterocycles. The Balaban J connectivity index is 2.11. The molecule has 0 aromatic carbocycles. The van der Waals surface area contributed by atoms with Gasteiger partial charge in [0.2, 0.25) is 0 Å². The van der Waals surface area contributed by atoms with E-state index in [4.69, 9.17) is 16.7 Å². The maximum Gasteiger partial charge on any atom is 0.328 e. The molecule has 0 saturated heterocycles. The highest BCUT2D eigenvalue weighted by Crippen LogP contribution is 2.22. The predicted octanol–water partition coefficient (Wildman–Crippen LogP) is 3.15. The first-order valence-electron chi connectivity index (χ1n) is 5.48. The van der Waals surface area contributed by atoms with Crippen LogP contribution in [0.15, 0.2) is 36.5 Å². The number of carboxylic acid groups (broad SMARTS) is 1. The van der Waals surface area contributed by atoms with E-state index in [1.807, 2.05) is 0 Å². The molecule has 0 bridgehead atoms. The normalized spacial score (nSPS) is 10.7. The molecule has 0 radical (unpaired) electrons. The van der Waals surface area contributed by atoms with Gasteiger partial charge in [0.25, 0.3) is 5.91 Å². The fraction of sp³-hybridized carbons (Fsp3) is 0. The zero-order valence-electron chi connectivity index (χ0n) is 10.0. The van der Waals surface area contributed by atoms with Gasteiger partial charge in [-0.2, -0.15) is 0 Å². The number of nitrogens with one attached hydrogen (secondary N) is 1. The molecule has 0 atom stereocenters. The van der Waals surface area contributed by atoms with Gasteiger partial charge >= 0.3 is 5.97 Å². The number of carbonyl (C=O) groups is 2. The summed E-state index contributed by atoms with van der Waals surface area (Å²) >= 11 is 6.93. The zero-order chi connectivity index (χ0) is 14.5. The van der Waals surface area contributed by atoms with Crippen LogP contribution in [0, 0.1) is 0 Å². The molecule has 0 spiro atoms. The number of nitrogens with zero attached hydrogens (tertiary/aromatic N) is 1. The number of hydrogen-bond acceptors (Lipinski definition) is 4. The van der Waals surface area contributed by atoms with Gasteiger partial charge in [-0.25, -0.2) is 9.78 Å². The van der Waals surface area contributed by atoms with Crippen molar-refractivity contribution in [3.63, 3.8) is 0 Å². The zero-order valence-corrected chi connectivity index (χ0v) is 11.6. The van der Waals surface area contributed by atoms with E-state index in [1.54, 1.807) is 24.3 Å². The lowest BCUT2D eigenvalue weighted by Gasteiger charge is -2.03. The molecule has 2 rings (SSSR count). The highest BCUT2D eigenvalue weighted by Gasteiger charge is 2.09. The van der Waals surface area contributed by atoms with Crippen molar-refractivity contribution < 1.29 is 14.7 Å². The number of amides is 1. The van der Waals surface area contributed by atoms with Gasteiger partial charge in [-0.15, -0.1) is 11.3 Å². The van der Waals surface area contributed by atoms with E-state index in [9.17, 15) is 9.59 Å². The number of aromatic nitrogens is 1. The number of anilines is 1. The lowest BCUT2D eigenvalue weighted by atomic mass is 10.2. The summed E-state index contributed by atoms with van der Waals surface area (Å²) in [5.41, 5.74) is 0.627. The van der Waals surface area contributed by atoms with Crippen LogP contribution < -0.4 is 5.32 Å². The summed E-state index contributed by atoms with van der Waals surface area (Å²) in [6.07, 6.45) is 3.92. The summed E-state index contributed by atoms with van der Waals surface area (Å²) in [6, 6.07) is 6.47. The quantitative estimate of drug-likeness (QED) is 0.850. The first-order valence-corrected chi connectivity index (χ1v) is 6.68. The Bertz CT molecular complexity index is 682. The molecule has 0 aliphatic heterocycles. The maximum atomic E-state index is 11.9. The van der Waals surface area contributed by atoms with Crippen LogP contribution in [-0.4, -0.2) is 22.0 Å². The minimum atomic E-state index is -1.04. The Hall–Kier alpha value is -2.18. The van der Waals surface area contributed by atoms with Crippen molar-refractivity contribution in [1.29, 1.82) is 0 Å². The number of aliphatic carboxylic acids is 1. The smallest absolute Gasteiger partial charge is 0.328 e. The van der Waals surface area contributed by atoms with Crippen molar-refractivity contribution in [2.45, 2.75) is 0 Å². The van der Waals surface area contributed by atoms with Crippen LogP contribution in [-0.2, 0) is 4.79 Å². The summed E-state index contributed by atoms with van der Waals surface area (Å²) < 4.78 is 0.529. The molecule has 0 aliphatic carbocycles. The van der Waals surface area contributed by atoms with E-state index in [0.29, 0.717) is 20.6 Å². The molecule has 0 fully saturated rings. The van der Waals surface area contributed by atoms with Crippen LogP contribution in [0.1, 0.15) is 15.2 Å². The van der Waals surface area contributed by atoms with Crippen LogP contribution in [0.4, 0.5) is 5.82 Å². The molecular weight excluding hydrogens is 300 g/mol. The van der Waals surface area contributed by atoms with Crippen LogP contribution in [0.2, 0.25) is 4.34 Å². The Kier molecular flexibility index (Phi) is 4.49. The highest BCUT2D eigenvalue weighted by molar-refractivity contribution is 7.18. The molecule has 0 aliphatic rings. The molecule has 2 aromatic rings. The van der Waals surface area contributed by atoms with E-state index in [1.165, 1.54) is 23.6 Å². The number of carboxylic acids is 1. The van der Waals surface area contributed by atoms with E-state index in [0.717, 1.165) is 6.08 Å². The first-order chi connectivity index (χ1) is 9.54. The summed E-state index contributed by atoms with van der Waals surface area (Å²) in [4.78, 5) is 26.8. The monoisotopic (exact) mass is 308 g/mol. The van der Waals surface area contributed by atoms with E-state index >= 15 is 0 Å². The van der Waals surface area contributed by atoms with Gasteiger partial charge in [-0.05, 0) is 35.9 Å². The van der Waals surface area contributed by atoms with E-state index in [2.05, 4.69) is 10.3 Å². The SMILES string of the molecule is O=C(O)/C=C/c1ccnc(NC(=O)c2ccc(Cl)s2)c1. The molecule has 5 nitrogen and oxygen atoms in total. The third kappa shape index (κ3) is 3.91. The number of rotatable bonds is 4. The molecular formula is C13H9ClN2O3S. The van der Waals surface area contributed by atoms with Crippen LogP contribution in [0.25, 0.3) is 6.08 Å². The number of carbonyl (C=O) groups excluding carboxylic acids is 1. The summed E-state index contributed by atoms with van der Waals surface area (Å²) in [5.74, 6) is -1.01. The third-order valence-corrected chi connectivity index (χ3v) is 3.47. The fourth-order valence-electron chi connectivity index (χ4n) is 1.40. The number of halogens is 1. The Morgan fingerprint density at radius 2 is 2.15 bits per heavy atom. The topological polar surface area (TPSA) is 79.3 Å². The van der Waals surface area contributed by atoms with E-state index < -0.39 is 5.97 Å². The van der Waals surface area contributed by atoms with Gasteiger partial charge in [0.15, 0.2) is 0 Å². The average molecular weight is 309 g/mol. The number of pyridine rings is 1. The highest BCUT2D eigenvalue weighted by atomic mass is 35.5. The van der Waals surface area contributed by atoms with Crippen LogP contribution in [0.5, 0.6) is 0 Å². The maximum absolute atomic E-state index is 11.9. The summed E-state index contributed by atoms with van der Waals surface area (Å²) in [6.45, 7) is 0. The largest absolute Gasteiger partial charge is 0.478 e. The molecule has 102 valence electrons. The summed E-state index contributed by atoms with van der Waals surface area (Å²) in [7, 11) is 0. The Morgan fingerprint density at radius 1 is 1.35 bits per heavy atom. The van der Waals surface area contributed by atoms with Gasteiger partial charge < -0.3 is 10.4 Å². The number of thiophene rings is 1. The van der Waals surface area contributed by atoms with Crippen molar-refractivity contribution in [3.8, 4) is 0 Å². The van der Waals surface area contributed by atoms with Crippen molar-refractivity contribution in [1.82, 2.24) is 4.98 Å². The molecule has 20 heavy (non-hydrogen) atoms. The minimum absolute atomic E-state index is 0.311. The Morgan fingerprint density at radius 3 is 2.80 bits per heavy atom. The minimum Gasteiger partial charge on any atom is -0.478 e. The molecule has 0 unspecified atom stereocenters. The lowest BCUT2D eigenvalue weighted by molar-refractivity contribution is -0.131. The Labute approximate surface area is 123 Å². The predicted molar refractivity (Wildman–Crippen MR) is 78.2 cm³/mol. The standard InChI is InChI=1S/C13H9ClN2O3S/c14-10-3-2-9(20-10)13(19)16-11-7-8(5-6-15-11)1-4-12(17)18/h1-7H,(H,17,18)(H,15,16,19)/b4-1+. The van der Waals surface area contributed by atoms with Crippen molar-refractivity contribution in [2.75, 3.05) is 5.32 Å². The third-order valence-electron chi connectivity index (χ3n) is 2.24. The van der Waals surface area contributed by atoms with Crippen LogP contribution in [0.3, 0.4) is 0 Å². The molecule has 2 N–H and O–H groups in total. The molecule has 2 heterocycles. The summed E-state index contributed by atoms with van der Waals surface area (Å²) in [5, 5.41) is 11.2. The van der Waals surface area contributed by atoms with E-state index in [-0.39, 0.29) is 5.91 Å². The van der Waals surface area contributed by atoms with Crippen LogP contribution >= 0.6 is 22.9 Å². The average Bonchev–Trinajstić information content (AvgIpc) is 2.84. The lowest BCUT2D eigenvalue weighted by Crippen LogP contribution is -2.11.